The second-order valence-corrected chi connectivity index (χ2v) is 6.43. The van der Waals surface area contributed by atoms with Crippen LogP contribution < -0.4 is 10.6 Å². The molecule has 3 aromatic rings. The highest BCUT2D eigenvalue weighted by Crippen LogP contribution is 2.30. The Morgan fingerprint density at radius 3 is 2.36 bits per heavy atom. The lowest BCUT2D eigenvalue weighted by Gasteiger charge is -2.07. The molecular weight excluding hydrogens is 314 g/mol. The van der Waals surface area contributed by atoms with Crippen LogP contribution in [0.2, 0.25) is 0 Å². The average molecular weight is 333 g/mol. The van der Waals surface area contributed by atoms with Gasteiger partial charge in [0.2, 0.25) is 11.8 Å². The number of benzene rings is 2. The molecule has 0 unspecified atom stereocenters. The summed E-state index contributed by atoms with van der Waals surface area (Å²) in [4.78, 5) is 27.2. The summed E-state index contributed by atoms with van der Waals surface area (Å²) in [6.45, 7) is 0. The van der Waals surface area contributed by atoms with Crippen molar-refractivity contribution in [2.45, 2.75) is 19.3 Å². The second-order valence-electron chi connectivity index (χ2n) is 6.43. The summed E-state index contributed by atoms with van der Waals surface area (Å²) >= 11 is 0. The number of aromatic amines is 1. The van der Waals surface area contributed by atoms with Gasteiger partial charge in [0.1, 0.15) is 0 Å². The molecule has 1 saturated carbocycles. The molecule has 1 fully saturated rings. The highest BCUT2D eigenvalue weighted by molar-refractivity contribution is 5.97. The summed E-state index contributed by atoms with van der Waals surface area (Å²) in [7, 11) is 0. The molecule has 0 aliphatic heterocycles. The molecule has 0 spiro atoms. The summed E-state index contributed by atoms with van der Waals surface area (Å²) in [6, 6.07) is 15.1. The maximum Gasteiger partial charge on any atom is 0.228 e. The normalized spacial score (nSPS) is 13.6. The van der Waals surface area contributed by atoms with E-state index in [0.717, 1.165) is 35.0 Å². The first-order valence-corrected chi connectivity index (χ1v) is 8.45. The third-order valence-electron chi connectivity index (χ3n) is 4.41. The molecule has 5 nitrogen and oxygen atoms in total. The first kappa shape index (κ1) is 15.4. The maximum absolute atomic E-state index is 12.3. The van der Waals surface area contributed by atoms with E-state index in [-0.39, 0.29) is 17.7 Å². The Balaban J connectivity index is 1.38. The Morgan fingerprint density at radius 2 is 1.64 bits per heavy atom. The van der Waals surface area contributed by atoms with E-state index in [1.54, 1.807) is 12.1 Å². The highest BCUT2D eigenvalue weighted by Gasteiger charge is 2.29. The fourth-order valence-corrected chi connectivity index (χ4v) is 2.88. The first-order chi connectivity index (χ1) is 12.2. The van der Waals surface area contributed by atoms with Crippen LogP contribution in [0.15, 0.2) is 54.7 Å². The minimum atomic E-state index is -0.0699. The SMILES string of the molecule is O=C(Cc1c[nH]c2ccccc12)Nc1ccc(NC(=O)C2CC2)cc1. The number of nitrogens with one attached hydrogen (secondary N) is 3. The van der Waals surface area contributed by atoms with Gasteiger partial charge in [0.15, 0.2) is 0 Å². The summed E-state index contributed by atoms with van der Waals surface area (Å²) in [5.41, 5.74) is 3.48. The minimum absolute atomic E-state index is 0.0699. The molecule has 1 aliphatic rings. The monoisotopic (exact) mass is 333 g/mol. The van der Waals surface area contributed by atoms with Gasteiger partial charge in [-0.3, -0.25) is 9.59 Å². The third kappa shape index (κ3) is 3.55. The van der Waals surface area contributed by atoms with Crippen molar-refractivity contribution in [1.82, 2.24) is 4.98 Å². The van der Waals surface area contributed by atoms with E-state index in [1.165, 1.54) is 0 Å². The molecule has 1 aliphatic carbocycles. The Hall–Kier alpha value is -3.08. The van der Waals surface area contributed by atoms with E-state index in [0.29, 0.717) is 12.1 Å². The standard InChI is InChI=1S/C20H19N3O2/c24-19(11-14-12-21-18-4-2-1-3-17(14)18)22-15-7-9-16(10-8-15)23-20(25)13-5-6-13/h1-4,7-10,12-13,21H,5-6,11H2,(H,22,24)(H,23,25). The number of aromatic nitrogens is 1. The molecule has 25 heavy (non-hydrogen) atoms. The van der Waals surface area contributed by atoms with Gasteiger partial charge in [-0.25, -0.2) is 0 Å². The fourth-order valence-electron chi connectivity index (χ4n) is 2.88. The molecule has 1 heterocycles. The lowest BCUT2D eigenvalue weighted by atomic mass is 10.1. The van der Waals surface area contributed by atoms with Crippen LogP contribution in [0.4, 0.5) is 11.4 Å². The first-order valence-electron chi connectivity index (χ1n) is 8.45. The molecule has 0 saturated heterocycles. The van der Waals surface area contributed by atoms with E-state index in [9.17, 15) is 9.59 Å². The van der Waals surface area contributed by atoms with Gasteiger partial charge in [0.05, 0.1) is 6.42 Å². The summed E-state index contributed by atoms with van der Waals surface area (Å²) < 4.78 is 0. The second kappa shape index (κ2) is 6.43. The molecule has 3 N–H and O–H groups in total. The van der Waals surface area contributed by atoms with Crippen molar-refractivity contribution in [3.05, 3.63) is 60.3 Å². The number of hydrogen-bond acceptors (Lipinski definition) is 2. The lowest BCUT2D eigenvalue weighted by Crippen LogP contribution is -2.15. The number of carbonyl (C=O) groups excluding carboxylic acids is 2. The average Bonchev–Trinajstić information content (AvgIpc) is 3.40. The number of para-hydroxylation sites is 1. The van der Waals surface area contributed by atoms with Gasteiger partial charge in [-0.15, -0.1) is 0 Å². The Bertz CT molecular complexity index is 924. The van der Waals surface area contributed by atoms with E-state index in [4.69, 9.17) is 0 Å². The van der Waals surface area contributed by atoms with Crippen LogP contribution in [0, 0.1) is 5.92 Å². The summed E-state index contributed by atoms with van der Waals surface area (Å²) in [6.07, 6.45) is 4.15. The van der Waals surface area contributed by atoms with Gasteiger partial charge in [-0.1, -0.05) is 18.2 Å². The van der Waals surface area contributed by atoms with E-state index >= 15 is 0 Å². The smallest absolute Gasteiger partial charge is 0.228 e. The van der Waals surface area contributed by atoms with Crippen LogP contribution in [0.1, 0.15) is 18.4 Å². The molecule has 0 radical (unpaired) electrons. The topological polar surface area (TPSA) is 74.0 Å². The van der Waals surface area contributed by atoms with E-state index < -0.39 is 0 Å². The van der Waals surface area contributed by atoms with Crippen LogP contribution in [-0.4, -0.2) is 16.8 Å². The number of anilines is 2. The van der Waals surface area contributed by atoms with Gasteiger partial charge < -0.3 is 15.6 Å². The Kier molecular flexibility index (Phi) is 3.98. The van der Waals surface area contributed by atoms with Crippen molar-refractivity contribution in [2.24, 2.45) is 5.92 Å². The number of fused-ring (bicyclic) bond motifs is 1. The fraction of sp³-hybridized carbons (Fsp3) is 0.200. The van der Waals surface area contributed by atoms with Gasteiger partial charge in [0, 0.05) is 34.4 Å². The molecule has 0 atom stereocenters. The number of carbonyl (C=O) groups is 2. The zero-order valence-corrected chi connectivity index (χ0v) is 13.7. The summed E-state index contributed by atoms with van der Waals surface area (Å²) in [5, 5.41) is 6.85. The number of rotatable bonds is 5. The lowest BCUT2D eigenvalue weighted by molar-refractivity contribution is -0.117. The van der Waals surface area contributed by atoms with Crippen molar-refractivity contribution in [1.29, 1.82) is 0 Å². The number of hydrogen-bond donors (Lipinski definition) is 3. The van der Waals surface area contributed by atoms with Gasteiger partial charge in [-0.2, -0.15) is 0 Å². The molecule has 0 bridgehead atoms. The van der Waals surface area contributed by atoms with Gasteiger partial charge >= 0.3 is 0 Å². The molecule has 4 rings (SSSR count). The van der Waals surface area contributed by atoms with Crippen LogP contribution in [0.25, 0.3) is 10.9 Å². The van der Waals surface area contributed by atoms with Gasteiger partial charge in [0.25, 0.3) is 0 Å². The quantitative estimate of drug-likeness (QED) is 0.666. The molecule has 5 heteroatoms. The molecule has 2 aromatic carbocycles. The molecule has 1 aromatic heterocycles. The van der Waals surface area contributed by atoms with Crippen LogP contribution in [0.3, 0.4) is 0 Å². The van der Waals surface area contributed by atoms with Crippen molar-refractivity contribution in [2.75, 3.05) is 10.6 Å². The molecular formula is C20H19N3O2. The predicted octanol–water partition coefficient (Wildman–Crippen LogP) is 3.70. The van der Waals surface area contributed by atoms with E-state index in [2.05, 4.69) is 15.6 Å². The van der Waals surface area contributed by atoms with E-state index in [1.807, 2.05) is 42.6 Å². The zero-order valence-electron chi connectivity index (χ0n) is 13.7. The summed E-state index contributed by atoms with van der Waals surface area (Å²) in [5.74, 6) is 0.186. The third-order valence-corrected chi connectivity index (χ3v) is 4.41. The molecule has 2 amide bonds. The van der Waals surface area contributed by atoms with Crippen molar-refractivity contribution < 1.29 is 9.59 Å². The maximum atomic E-state index is 12.3. The Morgan fingerprint density at radius 1 is 0.960 bits per heavy atom. The van der Waals surface area contributed by atoms with Crippen molar-refractivity contribution >= 4 is 34.1 Å². The van der Waals surface area contributed by atoms with Crippen LogP contribution in [0.5, 0.6) is 0 Å². The number of amides is 2. The van der Waals surface area contributed by atoms with Crippen LogP contribution >= 0.6 is 0 Å². The van der Waals surface area contributed by atoms with Crippen molar-refractivity contribution in [3.63, 3.8) is 0 Å². The zero-order chi connectivity index (χ0) is 17.2. The van der Waals surface area contributed by atoms with Crippen molar-refractivity contribution in [3.8, 4) is 0 Å². The Labute approximate surface area is 145 Å². The predicted molar refractivity (Wildman–Crippen MR) is 98.4 cm³/mol. The molecule has 126 valence electrons. The van der Waals surface area contributed by atoms with Crippen LogP contribution in [-0.2, 0) is 16.0 Å². The highest BCUT2D eigenvalue weighted by atomic mass is 16.2. The number of H-pyrrole nitrogens is 1. The minimum Gasteiger partial charge on any atom is -0.361 e. The largest absolute Gasteiger partial charge is 0.361 e. The van der Waals surface area contributed by atoms with Gasteiger partial charge in [-0.05, 0) is 48.7 Å².